The Hall–Kier alpha value is -4.64. The number of aryl methyl sites for hydroxylation is 2. The number of carbonyl (C=O) groups is 4. The average Bonchev–Trinajstić information content (AvgIpc) is 3.22. The van der Waals surface area contributed by atoms with Crippen LogP contribution < -0.4 is 25.4 Å². The highest BCUT2D eigenvalue weighted by molar-refractivity contribution is 9.10. The van der Waals surface area contributed by atoms with E-state index in [0.717, 1.165) is 22.4 Å². The van der Waals surface area contributed by atoms with Crippen molar-refractivity contribution in [3.63, 3.8) is 0 Å². The summed E-state index contributed by atoms with van der Waals surface area (Å²) in [6, 6.07) is 17.3. The Kier molecular flexibility index (Phi) is 9.98. The van der Waals surface area contributed by atoms with Gasteiger partial charge < -0.3 is 25.4 Å². The molecule has 11 heteroatoms. The molecule has 3 aromatic rings. The topological polar surface area (TPSA) is 126 Å². The van der Waals surface area contributed by atoms with Crippen molar-refractivity contribution in [1.29, 1.82) is 0 Å². The maximum Gasteiger partial charge on any atom is 0.329 e. The fraction of sp³-hybridized carbons (Fsp3) is 0.226. The van der Waals surface area contributed by atoms with Crippen LogP contribution in [0.15, 0.2) is 70.8 Å². The summed E-state index contributed by atoms with van der Waals surface area (Å²) in [4.78, 5) is 51.5. The minimum Gasteiger partial charge on any atom is -0.490 e. The molecule has 1 heterocycles. The first-order chi connectivity index (χ1) is 20.2. The number of rotatable bonds is 11. The van der Waals surface area contributed by atoms with Crippen LogP contribution in [-0.4, -0.2) is 48.4 Å². The van der Waals surface area contributed by atoms with Gasteiger partial charge in [-0.25, -0.2) is 9.69 Å². The van der Waals surface area contributed by atoms with E-state index in [0.29, 0.717) is 39.5 Å². The number of para-hydroxylation sites is 1. The van der Waals surface area contributed by atoms with Gasteiger partial charge >= 0.3 is 6.03 Å². The zero-order valence-electron chi connectivity index (χ0n) is 23.5. The molecule has 1 saturated heterocycles. The van der Waals surface area contributed by atoms with Crippen LogP contribution in [0, 0.1) is 6.92 Å². The second-order valence-electron chi connectivity index (χ2n) is 9.39. The largest absolute Gasteiger partial charge is 0.490 e. The van der Waals surface area contributed by atoms with Gasteiger partial charge in [0.25, 0.3) is 11.8 Å². The Bertz CT molecular complexity index is 1540. The molecule has 3 N–H and O–H groups in total. The molecule has 0 aliphatic carbocycles. The summed E-state index contributed by atoms with van der Waals surface area (Å²) >= 11 is 3.47. The molecule has 42 heavy (non-hydrogen) atoms. The second-order valence-corrected chi connectivity index (χ2v) is 10.2. The molecule has 1 aliphatic heterocycles. The van der Waals surface area contributed by atoms with E-state index in [9.17, 15) is 19.2 Å². The molecule has 0 atom stereocenters. The number of carbonyl (C=O) groups excluding carboxylic acids is 4. The molecule has 4 rings (SSSR count). The Morgan fingerprint density at radius 3 is 2.38 bits per heavy atom. The summed E-state index contributed by atoms with van der Waals surface area (Å²) in [6.07, 6.45) is 2.19. The Morgan fingerprint density at radius 2 is 1.67 bits per heavy atom. The van der Waals surface area contributed by atoms with Crippen LogP contribution in [0.1, 0.15) is 30.5 Å². The lowest BCUT2D eigenvalue weighted by Crippen LogP contribution is -2.38. The number of urea groups is 1. The molecular formula is C31H31BrN4O6. The smallest absolute Gasteiger partial charge is 0.329 e. The lowest BCUT2D eigenvalue weighted by Gasteiger charge is -2.14. The van der Waals surface area contributed by atoms with Crippen molar-refractivity contribution in [2.45, 2.75) is 27.2 Å². The lowest BCUT2D eigenvalue weighted by atomic mass is 10.1. The van der Waals surface area contributed by atoms with Crippen molar-refractivity contribution < 1.29 is 28.7 Å². The molecule has 1 aliphatic rings. The number of nitrogens with zero attached hydrogens (tertiary/aromatic N) is 1. The van der Waals surface area contributed by atoms with Gasteiger partial charge in [0.05, 0.1) is 6.61 Å². The van der Waals surface area contributed by atoms with Gasteiger partial charge in [-0.2, -0.15) is 0 Å². The molecule has 0 saturated carbocycles. The van der Waals surface area contributed by atoms with Crippen LogP contribution in [0.25, 0.3) is 6.08 Å². The summed E-state index contributed by atoms with van der Waals surface area (Å²) in [5, 5.41) is 8.07. The third kappa shape index (κ3) is 7.55. The predicted octanol–water partition coefficient (Wildman–Crippen LogP) is 5.27. The molecule has 218 valence electrons. The highest BCUT2D eigenvalue weighted by Crippen LogP contribution is 2.35. The Morgan fingerprint density at radius 1 is 0.952 bits per heavy atom. The van der Waals surface area contributed by atoms with E-state index in [-0.39, 0.29) is 18.2 Å². The summed E-state index contributed by atoms with van der Waals surface area (Å²) in [5.74, 6) is -0.814. The van der Waals surface area contributed by atoms with Crippen molar-refractivity contribution in [3.8, 4) is 11.5 Å². The summed E-state index contributed by atoms with van der Waals surface area (Å²) in [7, 11) is 0. The number of benzene rings is 3. The highest BCUT2D eigenvalue weighted by Gasteiger charge is 2.35. The Labute approximate surface area is 252 Å². The summed E-state index contributed by atoms with van der Waals surface area (Å²) in [6.45, 7) is 5.36. The lowest BCUT2D eigenvalue weighted by molar-refractivity contribution is -0.127. The van der Waals surface area contributed by atoms with Crippen molar-refractivity contribution >= 4 is 57.1 Å². The van der Waals surface area contributed by atoms with E-state index in [1.54, 1.807) is 43.3 Å². The third-order valence-corrected chi connectivity index (χ3v) is 6.98. The van der Waals surface area contributed by atoms with Crippen molar-refractivity contribution in [1.82, 2.24) is 10.2 Å². The predicted molar refractivity (Wildman–Crippen MR) is 163 cm³/mol. The van der Waals surface area contributed by atoms with Gasteiger partial charge in [-0.05, 0) is 67.8 Å². The van der Waals surface area contributed by atoms with Gasteiger partial charge in [-0.15, -0.1) is 0 Å². The Balaban J connectivity index is 1.45. The minimum atomic E-state index is -0.703. The van der Waals surface area contributed by atoms with E-state index < -0.39 is 24.4 Å². The molecule has 5 amide bonds. The number of halogens is 1. The zero-order chi connectivity index (χ0) is 30.2. The fourth-order valence-corrected chi connectivity index (χ4v) is 4.61. The second kappa shape index (κ2) is 13.8. The van der Waals surface area contributed by atoms with Gasteiger partial charge in [0, 0.05) is 15.8 Å². The molecule has 10 nitrogen and oxygen atoms in total. The van der Waals surface area contributed by atoms with E-state index in [2.05, 4.69) is 31.9 Å². The van der Waals surface area contributed by atoms with E-state index in [4.69, 9.17) is 9.47 Å². The monoisotopic (exact) mass is 634 g/mol. The maximum absolute atomic E-state index is 13.0. The van der Waals surface area contributed by atoms with Gasteiger partial charge in [-0.1, -0.05) is 58.7 Å². The van der Waals surface area contributed by atoms with Crippen LogP contribution in [0.5, 0.6) is 11.5 Å². The first-order valence-corrected chi connectivity index (χ1v) is 14.2. The molecule has 0 aromatic heterocycles. The molecule has 0 unspecified atom stereocenters. The van der Waals surface area contributed by atoms with Crippen LogP contribution in [0.4, 0.5) is 16.2 Å². The van der Waals surface area contributed by atoms with Crippen LogP contribution >= 0.6 is 15.9 Å². The standard InChI is InChI=1S/C31H31BrN4O6/c1-4-20-8-6-7-9-24(20)34-28(37)17-36-30(39)25(35-31(36)40)14-21-15-26(41-5-2)27(16-23(21)32)42-18-29(38)33-22-12-10-19(3)11-13-22/h6-16H,4-5,17-18H2,1-3H3,(H,33,38)(H,34,37)(H,35,40)/b25-14+. The van der Waals surface area contributed by atoms with E-state index in [1.807, 2.05) is 38.1 Å². The average molecular weight is 636 g/mol. The van der Waals surface area contributed by atoms with Crippen LogP contribution in [-0.2, 0) is 20.8 Å². The normalized spacial score (nSPS) is 13.6. The number of imide groups is 1. The summed E-state index contributed by atoms with van der Waals surface area (Å²) in [5.41, 5.74) is 3.82. The number of hydrogen-bond donors (Lipinski definition) is 3. The first kappa shape index (κ1) is 30.3. The van der Waals surface area contributed by atoms with E-state index in [1.165, 1.54) is 6.08 Å². The maximum atomic E-state index is 13.0. The quantitative estimate of drug-likeness (QED) is 0.195. The number of anilines is 2. The number of hydrogen-bond acceptors (Lipinski definition) is 6. The summed E-state index contributed by atoms with van der Waals surface area (Å²) < 4.78 is 12.0. The molecule has 0 bridgehead atoms. The van der Waals surface area contributed by atoms with Crippen molar-refractivity contribution in [3.05, 3.63) is 87.5 Å². The fourth-order valence-electron chi connectivity index (χ4n) is 4.17. The molecule has 0 spiro atoms. The third-order valence-electron chi connectivity index (χ3n) is 6.29. The molecule has 3 aromatic carbocycles. The number of nitrogens with one attached hydrogen (secondary N) is 3. The molecule has 0 radical (unpaired) electrons. The number of ether oxygens (including phenoxy) is 2. The molecular weight excluding hydrogens is 604 g/mol. The van der Waals surface area contributed by atoms with Gasteiger partial charge in [-0.3, -0.25) is 14.4 Å². The SMILES string of the molecule is CCOc1cc(/C=C2/NC(=O)N(CC(=O)Nc3ccccc3CC)C2=O)c(Br)cc1OCC(=O)Nc1ccc(C)cc1. The highest BCUT2D eigenvalue weighted by atomic mass is 79.9. The zero-order valence-corrected chi connectivity index (χ0v) is 25.0. The van der Waals surface area contributed by atoms with Crippen molar-refractivity contribution in [2.24, 2.45) is 0 Å². The van der Waals surface area contributed by atoms with E-state index >= 15 is 0 Å². The van der Waals surface area contributed by atoms with Gasteiger partial charge in [0.2, 0.25) is 5.91 Å². The number of amides is 5. The first-order valence-electron chi connectivity index (χ1n) is 13.4. The molecule has 1 fully saturated rings. The van der Waals surface area contributed by atoms with Crippen LogP contribution in [0.2, 0.25) is 0 Å². The van der Waals surface area contributed by atoms with Crippen molar-refractivity contribution in [2.75, 3.05) is 30.4 Å². The van der Waals surface area contributed by atoms with Crippen LogP contribution in [0.3, 0.4) is 0 Å². The van der Waals surface area contributed by atoms with Gasteiger partial charge in [0.1, 0.15) is 12.2 Å². The van der Waals surface area contributed by atoms with Gasteiger partial charge in [0.15, 0.2) is 18.1 Å². The minimum absolute atomic E-state index is 0.00366.